The summed E-state index contributed by atoms with van der Waals surface area (Å²) in [5.41, 5.74) is 2.43. The molecule has 0 aliphatic carbocycles. The molecule has 0 bridgehead atoms. The number of rotatable bonds is 4. The highest BCUT2D eigenvalue weighted by Crippen LogP contribution is 2.33. The van der Waals surface area contributed by atoms with E-state index in [0.717, 1.165) is 30.2 Å². The zero-order chi connectivity index (χ0) is 12.9. The number of fused-ring (bicyclic) bond motifs is 1. The standard InChI is InChI=1S/C16H17NO2/c1-2-5-13(6-3-1)11-17-12-14-7-4-8-15-16(14)19-10-9-18-15/h1-8,17H,9-12H2. The Balaban J connectivity index is 1.64. The molecule has 2 aromatic rings. The van der Waals surface area contributed by atoms with Crippen molar-refractivity contribution in [3.05, 3.63) is 59.7 Å². The van der Waals surface area contributed by atoms with Crippen LogP contribution in [0.4, 0.5) is 0 Å². The van der Waals surface area contributed by atoms with Crippen LogP contribution < -0.4 is 14.8 Å². The van der Waals surface area contributed by atoms with Crippen LogP contribution in [0.1, 0.15) is 11.1 Å². The van der Waals surface area contributed by atoms with Gasteiger partial charge >= 0.3 is 0 Å². The highest BCUT2D eigenvalue weighted by atomic mass is 16.6. The monoisotopic (exact) mass is 255 g/mol. The number of para-hydroxylation sites is 1. The Hall–Kier alpha value is -2.00. The molecule has 3 rings (SSSR count). The van der Waals surface area contributed by atoms with Crippen LogP contribution in [-0.2, 0) is 13.1 Å². The molecule has 1 heterocycles. The van der Waals surface area contributed by atoms with Gasteiger partial charge in [-0.3, -0.25) is 0 Å². The summed E-state index contributed by atoms with van der Waals surface area (Å²) in [5, 5.41) is 3.43. The van der Waals surface area contributed by atoms with Crippen LogP contribution in [0.5, 0.6) is 11.5 Å². The fraction of sp³-hybridized carbons (Fsp3) is 0.250. The maximum Gasteiger partial charge on any atom is 0.165 e. The number of hydrogen-bond donors (Lipinski definition) is 1. The first-order chi connectivity index (χ1) is 9.43. The highest BCUT2D eigenvalue weighted by molar-refractivity contribution is 5.47. The van der Waals surface area contributed by atoms with E-state index in [-0.39, 0.29) is 0 Å². The second kappa shape index (κ2) is 5.76. The van der Waals surface area contributed by atoms with Crippen molar-refractivity contribution in [1.29, 1.82) is 0 Å². The molecule has 0 unspecified atom stereocenters. The number of nitrogens with one attached hydrogen (secondary N) is 1. The van der Waals surface area contributed by atoms with Gasteiger partial charge < -0.3 is 14.8 Å². The largest absolute Gasteiger partial charge is 0.486 e. The maximum atomic E-state index is 5.69. The second-order valence-electron chi connectivity index (χ2n) is 4.53. The van der Waals surface area contributed by atoms with E-state index in [2.05, 4.69) is 35.6 Å². The van der Waals surface area contributed by atoms with E-state index in [0.29, 0.717) is 13.2 Å². The van der Waals surface area contributed by atoms with E-state index < -0.39 is 0 Å². The number of ether oxygens (including phenoxy) is 2. The highest BCUT2D eigenvalue weighted by Gasteiger charge is 2.14. The predicted octanol–water partition coefficient (Wildman–Crippen LogP) is 2.75. The summed E-state index contributed by atoms with van der Waals surface area (Å²) in [6, 6.07) is 16.4. The third-order valence-corrected chi connectivity index (χ3v) is 3.14. The van der Waals surface area contributed by atoms with Crippen molar-refractivity contribution < 1.29 is 9.47 Å². The third kappa shape index (κ3) is 2.88. The van der Waals surface area contributed by atoms with E-state index >= 15 is 0 Å². The topological polar surface area (TPSA) is 30.5 Å². The summed E-state index contributed by atoms with van der Waals surface area (Å²) in [7, 11) is 0. The zero-order valence-corrected chi connectivity index (χ0v) is 10.8. The summed E-state index contributed by atoms with van der Waals surface area (Å²) < 4.78 is 11.3. The van der Waals surface area contributed by atoms with Crippen LogP contribution in [0, 0.1) is 0 Å². The lowest BCUT2D eigenvalue weighted by molar-refractivity contribution is 0.169. The smallest absolute Gasteiger partial charge is 0.165 e. The Morgan fingerprint density at radius 3 is 2.58 bits per heavy atom. The summed E-state index contributed by atoms with van der Waals surface area (Å²) >= 11 is 0. The number of hydrogen-bond acceptors (Lipinski definition) is 3. The molecule has 19 heavy (non-hydrogen) atoms. The molecule has 0 saturated heterocycles. The fourth-order valence-corrected chi connectivity index (χ4v) is 2.21. The van der Waals surface area contributed by atoms with Crippen LogP contribution in [0.25, 0.3) is 0 Å². The Morgan fingerprint density at radius 2 is 1.68 bits per heavy atom. The van der Waals surface area contributed by atoms with Gasteiger partial charge in [-0.05, 0) is 11.6 Å². The molecule has 0 fully saturated rings. The summed E-state index contributed by atoms with van der Waals surface area (Å²) in [6.07, 6.45) is 0. The lowest BCUT2D eigenvalue weighted by Crippen LogP contribution is -2.19. The van der Waals surface area contributed by atoms with Crippen LogP contribution in [0.15, 0.2) is 48.5 Å². The van der Waals surface area contributed by atoms with E-state index in [9.17, 15) is 0 Å². The van der Waals surface area contributed by atoms with Crippen LogP contribution in [-0.4, -0.2) is 13.2 Å². The molecule has 0 aromatic heterocycles. The Labute approximate surface area is 113 Å². The van der Waals surface area contributed by atoms with Gasteiger partial charge in [0, 0.05) is 18.7 Å². The first-order valence-electron chi connectivity index (χ1n) is 6.55. The first-order valence-corrected chi connectivity index (χ1v) is 6.55. The maximum absolute atomic E-state index is 5.69. The SMILES string of the molecule is c1ccc(CNCc2cccc3c2OCCO3)cc1. The molecule has 1 aliphatic heterocycles. The normalized spacial score (nSPS) is 13.3. The average Bonchev–Trinajstić information content (AvgIpc) is 2.49. The van der Waals surface area contributed by atoms with Crippen molar-refractivity contribution in [2.75, 3.05) is 13.2 Å². The lowest BCUT2D eigenvalue weighted by Gasteiger charge is -2.21. The second-order valence-corrected chi connectivity index (χ2v) is 4.53. The molecule has 0 amide bonds. The van der Waals surface area contributed by atoms with Crippen LogP contribution in [0.2, 0.25) is 0 Å². The first kappa shape index (κ1) is 12.1. The van der Waals surface area contributed by atoms with Crippen LogP contribution in [0.3, 0.4) is 0 Å². The summed E-state index contributed by atoms with van der Waals surface area (Å²) in [5.74, 6) is 1.74. The molecule has 2 aromatic carbocycles. The molecule has 1 aliphatic rings. The van der Waals surface area contributed by atoms with Gasteiger partial charge in [-0.25, -0.2) is 0 Å². The van der Waals surface area contributed by atoms with E-state index in [1.165, 1.54) is 5.56 Å². The molecule has 3 heteroatoms. The average molecular weight is 255 g/mol. The third-order valence-electron chi connectivity index (χ3n) is 3.14. The van der Waals surface area contributed by atoms with E-state index in [1.807, 2.05) is 18.2 Å². The quantitative estimate of drug-likeness (QED) is 0.911. The predicted molar refractivity (Wildman–Crippen MR) is 74.4 cm³/mol. The molecule has 1 N–H and O–H groups in total. The van der Waals surface area contributed by atoms with Crippen molar-refractivity contribution in [2.45, 2.75) is 13.1 Å². The lowest BCUT2D eigenvalue weighted by atomic mass is 10.1. The van der Waals surface area contributed by atoms with E-state index in [4.69, 9.17) is 9.47 Å². The minimum Gasteiger partial charge on any atom is -0.486 e. The Kier molecular flexibility index (Phi) is 3.65. The molecular formula is C16H17NO2. The minimum absolute atomic E-state index is 0.628. The molecule has 0 saturated carbocycles. The van der Waals surface area contributed by atoms with Crippen molar-refractivity contribution in [3.8, 4) is 11.5 Å². The van der Waals surface area contributed by atoms with Gasteiger partial charge in [-0.2, -0.15) is 0 Å². The minimum atomic E-state index is 0.628. The molecule has 98 valence electrons. The molecule has 0 atom stereocenters. The van der Waals surface area contributed by atoms with Crippen molar-refractivity contribution in [2.24, 2.45) is 0 Å². The summed E-state index contributed by atoms with van der Waals surface area (Å²) in [6.45, 7) is 2.89. The molecular weight excluding hydrogens is 238 g/mol. The van der Waals surface area contributed by atoms with Gasteiger partial charge in [0.05, 0.1) is 0 Å². The fourth-order valence-electron chi connectivity index (χ4n) is 2.21. The molecule has 0 spiro atoms. The van der Waals surface area contributed by atoms with Gasteiger partial charge in [-0.1, -0.05) is 42.5 Å². The van der Waals surface area contributed by atoms with Gasteiger partial charge in [0.2, 0.25) is 0 Å². The van der Waals surface area contributed by atoms with Crippen molar-refractivity contribution in [1.82, 2.24) is 5.32 Å². The van der Waals surface area contributed by atoms with Crippen LogP contribution >= 0.6 is 0 Å². The van der Waals surface area contributed by atoms with Gasteiger partial charge in [0.1, 0.15) is 13.2 Å². The van der Waals surface area contributed by atoms with Gasteiger partial charge in [0.15, 0.2) is 11.5 Å². The molecule has 0 radical (unpaired) electrons. The van der Waals surface area contributed by atoms with Crippen molar-refractivity contribution >= 4 is 0 Å². The summed E-state index contributed by atoms with van der Waals surface area (Å²) in [4.78, 5) is 0. The zero-order valence-electron chi connectivity index (χ0n) is 10.8. The van der Waals surface area contributed by atoms with Gasteiger partial charge in [0.25, 0.3) is 0 Å². The number of benzene rings is 2. The Bertz CT molecular complexity index is 540. The van der Waals surface area contributed by atoms with Crippen molar-refractivity contribution in [3.63, 3.8) is 0 Å². The molecule has 3 nitrogen and oxygen atoms in total. The van der Waals surface area contributed by atoms with Gasteiger partial charge in [-0.15, -0.1) is 0 Å². The Morgan fingerprint density at radius 1 is 0.842 bits per heavy atom. The van der Waals surface area contributed by atoms with E-state index in [1.54, 1.807) is 0 Å².